The molecule has 0 unspecified atom stereocenters. The molecule has 0 radical (unpaired) electrons. The van der Waals surface area contributed by atoms with Gasteiger partial charge in [-0.15, -0.1) is 22.7 Å². The van der Waals surface area contributed by atoms with Crippen LogP contribution >= 0.6 is 22.7 Å². The van der Waals surface area contributed by atoms with Gasteiger partial charge in [0.1, 0.15) is 5.01 Å². The van der Waals surface area contributed by atoms with Gasteiger partial charge >= 0.3 is 0 Å². The maximum Gasteiger partial charge on any atom is 0.151 e. The Morgan fingerprint density at radius 2 is 2.30 bits per heavy atom. The van der Waals surface area contributed by atoms with Crippen LogP contribution < -0.4 is 0 Å². The Labute approximate surface area is 127 Å². The van der Waals surface area contributed by atoms with E-state index in [2.05, 4.69) is 21.3 Å². The Balaban J connectivity index is 1.66. The highest BCUT2D eigenvalue weighted by Crippen LogP contribution is 2.28. The van der Waals surface area contributed by atoms with E-state index >= 15 is 0 Å². The maximum absolute atomic E-state index is 11.5. The van der Waals surface area contributed by atoms with Crippen molar-refractivity contribution in [3.05, 3.63) is 28.6 Å². The summed E-state index contributed by atoms with van der Waals surface area (Å²) in [5.41, 5.74) is 1.02. The Morgan fingerprint density at radius 3 is 2.95 bits per heavy atom. The third-order valence-corrected chi connectivity index (χ3v) is 7.21. The van der Waals surface area contributed by atoms with E-state index in [9.17, 15) is 8.42 Å². The summed E-state index contributed by atoms with van der Waals surface area (Å²) >= 11 is 3.33. The summed E-state index contributed by atoms with van der Waals surface area (Å²) in [4.78, 5) is 7.93. The predicted octanol–water partition coefficient (Wildman–Crippen LogP) is 2.49. The summed E-state index contributed by atoms with van der Waals surface area (Å²) in [6.07, 6.45) is 0.737. The number of rotatable bonds is 4. The summed E-state index contributed by atoms with van der Waals surface area (Å²) in [7, 11) is -0.839. The van der Waals surface area contributed by atoms with Gasteiger partial charge in [0.05, 0.1) is 22.1 Å². The lowest BCUT2D eigenvalue weighted by molar-refractivity contribution is 0.251. The smallest absolute Gasteiger partial charge is 0.151 e. The van der Waals surface area contributed by atoms with Gasteiger partial charge in [-0.3, -0.25) is 4.90 Å². The van der Waals surface area contributed by atoms with Crippen LogP contribution in [-0.4, -0.2) is 42.9 Å². The molecule has 0 bridgehead atoms. The van der Waals surface area contributed by atoms with E-state index in [1.807, 2.05) is 18.5 Å². The maximum atomic E-state index is 11.5. The summed E-state index contributed by atoms with van der Waals surface area (Å²) < 4.78 is 23.0. The molecule has 4 nitrogen and oxygen atoms in total. The van der Waals surface area contributed by atoms with Crippen LogP contribution in [0.15, 0.2) is 22.9 Å². The van der Waals surface area contributed by atoms with Crippen LogP contribution in [-0.2, 0) is 16.4 Å². The molecule has 3 rings (SSSR count). The number of sulfone groups is 1. The van der Waals surface area contributed by atoms with Crippen LogP contribution in [0.5, 0.6) is 0 Å². The van der Waals surface area contributed by atoms with Crippen molar-refractivity contribution in [2.75, 3.05) is 18.6 Å². The van der Waals surface area contributed by atoms with Crippen molar-refractivity contribution >= 4 is 32.5 Å². The predicted molar refractivity (Wildman–Crippen MR) is 84.0 cm³/mol. The summed E-state index contributed by atoms with van der Waals surface area (Å²) in [6.45, 7) is 0.710. The van der Waals surface area contributed by atoms with Gasteiger partial charge in [0.15, 0.2) is 9.84 Å². The largest absolute Gasteiger partial charge is 0.297 e. The van der Waals surface area contributed by atoms with Crippen LogP contribution in [0.2, 0.25) is 0 Å². The van der Waals surface area contributed by atoms with E-state index in [0.717, 1.165) is 17.1 Å². The van der Waals surface area contributed by atoms with Crippen molar-refractivity contribution in [1.29, 1.82) is 0 Å². The van der Waals surface area contributed by atoms with E-state index in [0.29, 0.717) is 12.3 Å². The zero-order valence-corrected chi connectivity index (χ0v) is 13.6. The zero-order valence-electron chi connectivity index (χ0n) is 11.2. The van der Waals surface area contributed by atoms with Gasteiger partial charge in [-0.1, -0.05) is 6.07 Å². The van der Waals surface area contributed by atoms with Gasteiger partial charge in [0, 0.05) is 18.0 Å². The van der Waals surface area contributed by atoms with Crippen molar-refractivity contribution in [3.63, 3.8) is 0 Å². The highest BCUT2D eigenvalue weighted by Gasteiger charge is 2.30. The molecule has 1 fully saturated rings. The van der Waals surface area contributed by atoms with Crippen molar-refractivity contribution < 1.29 is 8.42 Å². The Morgan fingerprint density at radius 1 is 1.45 bits per heavy atom. The minimum atomic E-state index is -2.82. The summed E-state index contributed by atoms with van der Waals surface area (Å²) in [5.74, 6) is 0.602. The molecular formula is C13H16N2O2S3. The molecule has 1 atom stereocenters. The van der Waals surface area contributed by atoms with Crippen LogP contribution in [0.4, 0.5) is 0 Å². The fourth-order valence-electron chi connectivity index (χ4n) is 2.40. The van der Waals surface area contributed by atoms with Crippen LogP contribution in [0, 0.1) is 0 Å². The lowest BCUT2D eigenvalue weighted by atomic mass is 10.2. The normalized spacial score (nSPS) is 21.6. The van der Waals surface area contributed by atoms with Crippen LogP contribution in [0.25, 0.3) is 9.88 Å². The number of hydrogen-bond acceptors (Lipinski definition) is 6. The van der Waals surface area contributed by atoms with Crippen molar-refractivity contribution in [1.82, 2.24) is 9.88 Å². The lowest BCUT2D eigenvalue weighted by Gasteiger charge is -2.21. The first kappa shape index (κ1) is 14.2. The lowest BCUT2D eigenvalue weighted by Crippen LogP contribution is -2.32. The van der Waals surface area contributed by atoms with Gasteiger partial charge in [0.2, 0.25) is 0 Å². The quantitative estimate of drug-likeness (QED) is 0.865. The third-order valence-electron chi connectivity index (χ3n) is 3.53. The molecule has 1 aliphatic heterocycles. The zero-order chi connectivity index (χ0) is 14.2. The Bertz CT molecular complexity index is 676. The molecule has 1 aliphatic rings. The summed E-state index contributed by atoms with van der Waals surface area (Å²) in [6, 6.07) is 4.23. The second-order valence-electron chi connectivity index (χ2n) is 5.09. The highest BCUT2D eigenvalue weighted by atomic mass is 32.2. The topological polar surface area (TPSA) is 50.3 Å². The van der Waals surface area contributed by atoms with Crippen LogP contribution in [0.3, 0.4) is 0 Å². The van der Waals surface area contributed by atoms with E-state index in [1.165, 1.54) is 4.88 Å². The molecule has 0 saturated carbocycles. The third kappa shape index (κ3) is 3.11. The first-order chi connectivity index (χ1) is 9.53. The molecule has 0 aromatic carbocycles. The number of nitrogens with zero attached hydrogens (tertiary/aromatic N) is 2. The number of thiophene rings is 1. The van der Waals surface area contributed by atoms with Gasteiger partial charge in [-0.25, -0.2) is 13.4 Å². The fraction of sp³-hybridized carbons (Fsp3) is 0.462. The Kier molecular flexibility index (Phi) is 3.94. The fourth-order valence-corrected chi connectivity index (χ4v) is 5.83. The summed E-state index contributed by atoms with van der Waals surface area (Å²) in [5, 5.41) is 5.16. The average molecular weight is 328 g/mol. The molecule has 0 spiro atoms. The molecule has 108 valence electrons. The highest BCUT2D eigenvalue weighted by molar-refractivity contribution is 7.91. The van der Waals surface area contributed by atoms with Gasteiger partial charge in [-0.05, 0) is 24.9 Å². The Hall–Kier alpha value is -0.760. The first-order valence-corrected chi connectivity index (χ1v) is 10.0. The van der Waals surface area contributed by atoms with E-state index in [4.69, 9.17) is 0 Å². The number of thiazole rings is 1. The monoisotopic (exact) mass is 328 g/mol. The SMILES string of the molecule is CN(Cc1csc(-c2cccs2)n1)[C@@H]1CCS(=O)(=O)C1. The molecule has 2 aromatic heterocycles. The molecule has 3 heterocycles. The molecule has 0 amide bonds. The molecular weight excluding hydrogens is 312 g/mol. The minimum absolute atomic E-state index is 0.131. The van der Waals surface area contributed by atoms with Crippen molar-refractivity contribution in [2.45, 2.75) is 19.0 Å². The van der Waals surface area contributed by atoms with E-state index in [1.54, 1.807) is 22.7 Å². The second-order valence-corrected chi connectivity index (χ2v) is 9.13. The minimum Gasteiger partial charge on any atom is -0.297 e. The molecule has 1 saturated heterocycles. The number of aromatic nitrogens is 1. The second kappa shape index (κ2) is 5.55. The van der Waals surface area contributed by atoms with E-state index < -0.39 is 9.84 Å². The van der Waals surface area contributed by atoms with Gasteiger partial charge in [0.25, 0.3) is 0 Å². The standard InChI is InChI=1S/C13H16N2O2S3/c1-15(11-4-6-20(16,17)9-11)7-10-8-19-13(14-10)12-3-2-5-18-12/h2-3,5,8,11H,4,6-7,9H2,1H3/t11-/m1/s1. The molecule has 20 heavy (non-hydrogen) atoms. The van der Waals surface area contributed by atoms with Crippen molar-refractivity contribution in [2.24, 2.45) is 0 Å². The van der Waals surface area contributed by atoms with Gasteiger partial charge in [-0.2, -0.15) is 0 Å². The van der Waals surface area contributed by atoms with Gasteiger partial charge < -0.3 is 0 Å². The molecule has 0 aliphatic carbocycles. The average Bonchev–Trinajstić information content (AvgIpc) is 3.07. The molecule has 0 N–H and O–H groups in total. The van der Waals surface area contributed by atoms with Crippen LogP contribution in [0.1, 0.15) is 12.1 Å². The first-order valence-electron chi connectivity index (χ1n) is 6.42. The molecule has 2 aromatic rings. The van der Waals surface area contributed by atoms with Crippen molar-refractivity contribution in [3.8, 4) is 9.88 Å². The molecule has 7 heteroatoms. The number of hydrogen-bond donors (Lipinski definition) is 0. The van der Waals surface area contributed by atoms with E-state index in [-0.39, 0.29) is 11.8 Å².